The predicted molar refractivity (Wildman–Crippen MR) is 155 cm³/mol. The van der Waals surface area contributed by atoms with Crippen molar-refractivity contribution >= 4 is 5.95 Å². The van der Waals surface area contributed by atoms with E-state index in [1.54, 1.807) is 43.1 Å². The van der Waals surface area contributed by atoms with Crippen LogP contribution in [0.5, 0.6) is 0 Å². The first-order valence-electron chi connectivity index (χ1n) is 12.8. The zero-order valence-corrected chi connectivity index (χ0v) is 22.5. The lowest BCUT2D eigenvalue weighted by Crippen LogP contribution is -2.20. The minimum Gasteiger partial charge on any atom is -0.386 e. The number of benzene rings is 2. The molecule has 3 heterocycles. The van der Waals surface area contributed by atoms with Crippen LogP contribution >= 0.6 is 0 Å². The van der Waals surface area contributed by atoms with Gasteiger partial charge in [0.25, 0.3) is 5.56 Å². The molecule has 0 aliphatic carbocycles. The summed E-state index contributed by atoms with van der Waals surface area (Å²) in [5, 5.41) is 20.0. The van der Waals surface area contributed by atoms with Gasteiger partial charge in [0.15, 0.2) is 0 Å². The van der Waals surface area contributed by atoms with Crippen molar-refractivity contribution in [1.29, 1.82) is 5.26 Å². The van der Waals surface area contributed by atoms with Gasteiger partial charge in [-0.15, -0.1) is 0 Å². The molecule has 0 amide bonds. The fourth-order valence-corrected chi connectivity index (χ4v) is 4.72. The Morgan fingerprint density at radius 1 is 0.975 bits per heavy atom. The third-order valence-electron chi connectivity index (χ3n) is 6.86. The van der Waals surface area contributed by atoms with Crippen LogP contribution in [-0.2, 0) is 12.1 Å². The molecule has 8 heteroatoms. The average Bonchev–Trinajstić information content (AvgIpc) is 2.94. The predicted octanol–water partition coefficient (Wildman–Crippen LogP) is 5.07. The topological polar surface area (TPSA) is 131 Å². The van der Waals surface area contributed by atoms with Crippen LogP contribution in [0.25, 0.3) is 33.6 Å². The SMILES string of the molecule is Cc1c(C#N)cccc1-c1nc(N)nc(-c2ccn(Cc3cccc(C(C)(C)O)c3)c(=O)c2)c1-c1ccncc1. The highest BCUT2D eigenvalue weighted by molar-refractivity contribution is 5.92. The van der Waals surface area contributed by atoms with E-state index in [4.69, 9.17) is 5.73 Å². The van der Waals surface area contributed by atoms with Gasteiger partial charge in [0.05, 0.1) is 35.2 Å². The maximum atomic E-state index is 13.3. The molecule has 3 N–H and O–H groups in total. The molecule has 198 valence electrons. The van der Waals surface area contributed by atoms with E-state index in [-0.39, 0.29) is 11.5 Å². The smallest absolute Gasteiger partial charge is 0.251 e. The standard InChI is InChI=1S/C32H28N6O2/c1-20-24(18-33)7-5-9-26(20)30-28(22-10-13-35-14-11-22)29(36-31(34)37-30)23-12-15-38(27(39)17-23)19-21-6-4-8-25(16-21)32(2,3)40/h4-17,40H,19H2,1-3H3,(H2,34,36,37). The van der Waals surface area contributed by atoms with Crippen molar-refractivity contribution in [2.75, 3.05) is 5.73 Å². The van der Waals surface area contributed by atoms with Crippen LogP contribution in [-0.4, -0.2) is 24.6 Å². The van der Waals surface area contributed by atoms with Crippen LogP contribution in [0, 0.1) is 18.3 Å². The first-order chi connectivity index (χ1) is 19.2. The summed E-state index contributed by atoms with van der Waals surface area (Å²) in [5.41, 5.74) is 11.9. The van der Waals surface area contributed by atoms with E-state index in [0.29, 0.717) is 34.6 Å². The number of hydrogen-bond acceptors (Lipinski definition) is 7. The summed E-state index contributed by atoms with van der Waals surface area (Å²) in [6.07, 6.45) is 5.08. The number of nitrogens with zero attached hydrogens (tertiary/aromatic N) is 5. The van der Waals surface area contributed by atoms with Crippen LogP contribution in [0.15, 0.2) is 90.1 Å². The second-order valence-corrected chi connectivity index (χ2v) is 10.1. The molecule has 2 aromatic carbocycles. The highest BCUT2D eigenvalue weighted by Crippen LogP contribution is 2.39. The van der Waals surface area contributed by atoms with Crippen molar-refractivity contribution in [2.24, 2.45) is 0 Å². The molecule has 0 bridgehead atoms. The zero-order valence-electron chi connectivity index (χ0n) is 22.5. The summed E-state index contributed by atoms with van der Waals surface area (Å²) >= 11 is 0. The number of aromatic nitrogens is 4. The third kappa shape index (κ3) is 5.23. The Hall–Kier alpha value is -5.13. The lowest BCUT2D eigenvalue weighted by Gasteiger charge is -2.19. The normalized spacial score (nSPS) is 11.3. The first kappa shape index (κ1) is 26.5. The van der Waals surface area contributed by atoms with Gasteiger partial charge >= 0.3 is 0 Å². The van der Waals surface area contributed by atoms with Crippen molar-refractivity contribution in [3.63, 3.8) is 0 Å². The van der Waals surface area contributed by atoms with E-state index in [1.807, 2.05) is 61.5 Å². The zero-order chi connectivity index (χ0) is 28.4. The Morgan fingerprint density at radius 2 is 1.70 bits per heavy atom. The number of nitriles is 1. The summed E-state index contributed by atoms with van der Waals surface area (Å²) in [6, 6.07) is 22.3. The van der Waals surface area contributed by atoms with Gasteiger partial charge in [-0.1, -0.05) is 36.4 Å². The van der Waals surface area contributed by atoms with E-state index in [0.717, 1.165) is 27.8 Å². The summed E-state index contributed by atoms with van der Waals surface area (Å²) in [4.78, 5) is 26.6. The number of anilines is 1. The van der Waals surface area contributed by atoms with Crippen molar-refractivity contribution in [1.82, 2.24) is 19.5 Å². The molecule has 0 fully saturated rings. The highest BCUT2D eigenvalue weighted by Gasteiger charge is 2.21. The molecule has 3 aromatic heterocycles. The Kier molecular flexibility index (Phi) is 6.99. The van der Waals surface area contributed by atoms with Gasteiger partial charge in [-0.2, -0.15) is 5.26 Å². The van der Waals surface area contributed by atoms with Crippen LogP contribution in [0.1, 0.15) is 36.1 Å². The number of nitrogens with two attached hydrogens (primary N) is 1. The molecule has 5 rings (SSSR count). The second-order valence-electron chi connectivity index (χ2n) is 10.1. The molecule has 40 heavy (non-hydrogen) atoms. The fourth-order valence-electron chi connectivity index (χ4n) is 4.72. The average molecular weight is 529 g/mol. The molecule has 5 aromatic rings. The minimum absolute atomic E-state index is 0.0529. The second kappa shape index (κ2) is 10.6. The quantitative estimate of drug-likeness (QED) is 0.314. The van der Waals surface area contributed by atoms with E-state index < -0.39 is 5.60 Å². The van der Waals surface area contributed by atoms with Gasteiger partial charge in [0.2, 0.25) is 5.95 Å². The lowest BCUT2D eigenvalue weighted by molar-refractivity contribution is 0.0785. The van der Waals surface area contributed by atoms with E-state index in [9.17, 15) is 15.2 Å². The van der Waals surface area contributed by atoms with E-state index >= 15 is 0 Å². The van der Waals surface area contributed by atoms with E-state index in [2.05, 4.69) is 21.0 Å². The number of aliphatic hydroxyl groups is 1. The molecule has 0 spiro atoms. The molecule has 0 unspecified atom stereocenters. The number of pyridine rings is 2. The lowest BCUT2D eigenvalue weighted by atomic mass is 9.92. The Bertz CT molecular complexity index is 1810. The van der Waals surface area contributed by atoms with Crippen LogP contribution in [0.3, 0.4) is 0 Å². The summed E-state index contributed by atoms with van der Waals surface area (Å²) in [7, 11) is 0. The van der Waals surface area contributed by atoms with Crippen molar-refractivity contribution in [2.45, 2.75) is 32.9 Å². The molecule has 0 saturated carbocycles. The van der Waals surface area contributed by atoms with Crippen molar-refractivity contribution in [3.05, 3.63) is 118 Å². The maximum absolute atomic E-state index is 13.3. The summed E-state index contributed by atoms with van der Waals surface area (Å²) in [5.74, 6) is 0.0529. The van der Waals surface area contributed by atoms with E-state index in [1.165, 1.54) is 6.07 Å². The van der Waals surface area contributed by atoms with Crippen LogP contribution < -0.4 is 11.3 Å². The van der Waals surface area contributed by atoms with Crippen LogP contribution in [0.4, 0.5) is 5.95 Å². The van der Waals surface area contributed by atoms with Gasteiger partial charge < -0.3 is 15.4 Å². The minimum atomic E-state index is -0.982. The van der Waals surface area contributed by atoms with Gasteiger partial charge in [-0.05, 0) is 67.3 Å². The monoisotopic (exact) mass is 528 g/mol. The Labute approximate surface area is 232 Å². The number of nitrogen functional groups attached to an aromatic ring is 1. The summed E-state index contributed by atoms with van der Waals surface area (Å²) < 4.78 is 1.60. The molecule has 0 saturated heterocycles. The van der Waals surface area contributed by atoms with Gasteiger partial charge in [-0.3, -0.25) is 9.78 Å². The van der Waals surface area contributed by atoms with Gasteiger partial charge in [0.1, 0.15) is 0 Å². The molecule has 0 radical (unpaired) electrons. The third-order valence-corrected chi connectivity index (χ3v) is 6.86. The highest BCUT2D eigenvalue weighted by atomic mass is 16.3. The molecule has 0 atom stereocenters. The van der Waals surface area contributed by atoms with Crippen LogP contribution in [0.2, 0.25) is 0 Å². The Morgan fingerprint density at radius 3 is 2.40 bits per heavy atom. The molecule has 8 nitrogen and oxygen atoms in total. The first-order valence-corrected chi connectivity index (χ1v) is 12.8. The van der Waals surface area contributed by atoms with Gasteiger partial charge in [-0.25, -0.2) is 9.97 Å². The van der Waals surface area contributed by atoms with Crippen molar-refractivity contribution in [3.8, 4) is 39.7 Å². The summed E-state index contributed by atoms with van der Waals surface area (Å²) in [6.45, 7) is 5.67. The molecular weight excluding hydrogens is 500 g/mol. The largest absolute Gasteiger partial charge is 0.386 e. The fraction of sp³-hybridized carbons (Fsp3) is 0.156. The maximum Gasteiger partial charge on any atom is 0.251 e. The molecule has 0 aliphatic heterocycles. The Balaban J connectivity index is 1.65. The van der Waals surface area contributed by atoms with Crippen molar-refractivity contribution < 1.29 is 5.11 Å². The van der Waals surface area contributed by atoms with Gasteiger partial charge in [0, 0.05) is 41.3 Å². The molecular formula is C32H28N6O2. The number of rotatable bonds is 6. The molecule has 0 aliphatic rings. The number of hydrogen-bond donors (Lipinski definition) is 2.